The van der Waals surface area contributed by atoms with Crippen LogP contribution in [0.25, 0.3) is 49.1 Å². The van der Waals surface area contributed by atoms with E-state index in [4.69, 9.17) is 4.98 Å². The lowest BCUT2D eigenvalue weighted by atomic mass is 10.0. The van der Waals surface area contributed by atoms with Crippen molar-refractivity contribution in [2.75, 3.05) is 19.0 Å². The van der Waals surface area contributed by atoms with Gasteiger partial charge in [0.25, 0.3) is 6.33 Å². The summed E-state index contributed by atoms with van der Waals surface area (Å²) >= 11 is 0. The van der Waals surface area contributed by atoms with Crippen LogP contribution in [0, 0.1) is 6.92 Å². The summed E-state index contributed by atoms with van der Waals surface area (Å²) in [7, 11) is 6.32. The number of aryl methyl sites for hydroxylation is 2. The molecule has 0 amide bonds. The molecule has 0 N–H and O–H groups in total. The SMILES string of the molecule is Cc1cccc2c1c1c3c(cc(N(C)C)c4c5ccccc5n2c43)nc[n+]1C. The molecule has 0 atom stereocenters. The number of fused-ring (bicyclic) bond motifs is 6. The fourth-order valence-corrected chi connectivity index (χ4v) is 4.90. The first-order valence-corrected chi connectivity index (χ1v) is 9.60. The molecule has 3 heterocycles. The van der Waals surface area contributed by atoms with Crippen LogP contribution < -0.4 is 9.47 Å². The normalized spacial score (nSPS) is 12.3. The first kappa shape index (κ1) is 15.6. The highest BCUT2D eigenvalue weighted by atomic mass is 15.1. The average Bonchev–Trinajstić information content (AvgIpc) is 3.04. The lowest BCUT2D eigenvalue weighted by Gasteiger charge is -2.17. The Morgan fingerprint density at radius 2 is 1.71 bits per heavy atom. The summed E-state index contributed by atoms with van der Waals surface area (Å²) < 4.78 is 4.61. The first-order chi connectivity index (χ1) is 13.6. The van der Waals surface area contributed by atoms with Gasteiger partial charge in [0.15, 0.2) is 5.52 Å². The Kier molecular flexibility index (Phi) is 2.85. The van der Waals surface area contributed by atoms with E-state index in [0.29, 0.717) is 0 Å². The average molecular weight is 365 g/mol. The summed E-state index contributed by atoms with van der Waals surface area (Å²) in [5.74, 6) is 0. The molecule has 0 aliphatic carbocycles. The fraction of sp³-hybridized carbons (Fsp3) is 0.167. The summed E-state index contributed by atoms with van der Waals surface area (Å²) in [5.41, 5.74) is 8.55. The second-order valence-corrected chi connectivity index (χ2v) is 7.93. The van der Waals surface area contributed by atoms with Crippen molar-refractivity contribution in [2.24, 2.45) is 7.05 Å². The van der Waals surface area contributed by atoms with Gasteiger partial charge in [0.1, 0.15) is 5.52 Å². The van der Waals surface area contributed by atoms with Gasteiger partial charge in [0.05, 0.1) is 34.7 Å². The van der Waals surface area contributed by atoms with Crippen molar-refractivity contribution in [1.29, 1.82) is 0 Å². The number of rotatable bonds is 1. The minimum absolute atomic E-state index is 1.04. The van der Waals surface area contributed by atoms with Crippen molar-refractivity contribution in [3.63, 3.8) is 0 Å². The van der Waals surface area contributed by atoms with E-state index in [1.807, 2.05) is 6.33 Å². The summed E-state index contributed by atoms with van der Waals surface area (Å²) in [4.78, 5) is 7.01. The third-order valence-corrected chi connectivity index (χ3v) is 6.07. The molecular formula is C24H21N4+. The van der Waals surface area contributed by atoms with Crippen LogP contribution in [0.4, 0.5) is 5.69 Å². The number of nitrogens with zero attached hydrogens (tertiary/aromatic N) is 4. The van der Waals surface area contributed by atoms with Crippen molar-refractivity contribution in [3.05, 3.63) is 60.4 Å². The summed E-state index contributed by atoms with van der Waals surface area (Å²) in [6, 6.07) is 17.6. The predicted octanol–water partition coefficient (Wildman–Crippen LogP) is 4.58. The zero-order valence-electron chi connectivity index (χ0n) is 16.5. The van der Waals surface area contributed by atoms with Crippen molar-refractivity contribution >= 4 is 54.8 Å². The van der Waals surface area contributed by atoms with Crippen LogP contribution in [0.15, 0.2) is 54.9 Å². The molecule has 136 valence electrons. The molecule has 0 aliphatic rings. The van der Waals surface area contributed by atoms with Gasteiger partial charge in [-0.2, -0.15) is 0 Å². The summed E-state index contributed by atoms with van der Waals surface area (Å²) in [6.07, 6.45) is 1.94. The third kappa shape index (κ3) is 1.71. The van der Waals surface area contributed by atoms with E-state index < -0.39 is 0 Å². The van der Waals surface area contributed by atoms with Crippen molar-refractivity contribution in [3.8, 4) is 0 Å². The van der Waals surface area contributed by atoms with E-state index in [-0.39, 0.29) is 0 Å². The Morgan fingerprint density at radius 1 is 0.929 bits per heavy atom. The van der Waals surface area contributed by atoms with Gasteiger partial charge in [-0.3, -0.25) is 0 Å². The number of anilines is 1. The van der Waals surface area contributed by atoms with E-state index in [2.05, 4.69) is 90.5 Å². The first-order valence-electron chi connectivity index (χ1n) is 9.60. The van der Waals surface area contributed by atoms with Gasteiger partial charge in [-0.05, 0) is 29.6 Å². The minimum atomic E-state index is 1.04. The molecule has 3 aromatic heterocycles. The second kappa shape index (κ2) is 5.10. The zero-order valence-corrected chi connectivity index (χ0v) is 16.5. The Morgan fingerprint density at radius 3 is 2.54 bits per heavy atom. The number of hydrogen-bond donors (Lipinski definition) is 0. The van der Waals surface area contributed by atoms with Crippen molar-refractivity contribution < 1.29 is 4.57 Å². The molecule has 4 nitrogen and oxygen atoms in total. The highest BCUT2D eigenvalue weighted by Gasteiger charge is 2.26. The van der Waals surface area contributed by atoms with Gasteiger partial charge in [0.2, 0.25) is 0 Å². The predicted molar refractivity (Wildman–Crippen MR) is 117 cm³/mol. The molecule has 6 aromatic rings. The minimum Gasteiger partial charge on any atom is -0.377 e. The van der Waals surface area contributed by atoms with E-state index >= 15 is 0 Å². The summed E-state index contributed by atoms with van der Waals surface area (Å²) in [6.45, 7) is 2.20. The van der Waals surface area contributed by atoms with Crippen LogP contribution in [0.5, 0.6) is 0 Å². The molecule has 0 saturated carbocycles. The van der Waals surface area contributed by atoms with Crippen LogP contribution in [-0.4, -0.2) is 23.5 Å². The molecular weight excluding hydrogens is 344 g/mol. The Bertz CT molecular complexity index is 1560. The Hall–Kier alpha value is -3.40. The van der Waals surface area contributed by atoms with E-state index in [9.17, 15) is 0 Å². The van der Waals surface area contributed by atoms with E-state index in [1.54, 1.807) is 0 Å². The van der Waals surface area contributed by atoms with Crippen LogP contribution in [0.3, 0.4) is 0 Å². The quantitative estimate of drug-likeness (QED) is 0.242. The van der Waals surface area contributed by atoms with Crippen LogP contribution in [-0.2, 0) is 7.05 Å². The van der Waals surface area contributed by atoms with Gasteiger partial charge < -0.3 is 9.30 Å². The van der Waals surface area contributed by atoms with Gasteiger partial charge >= 0.3 is 0 Å². The number of hydrogen-bond acceptors (Lipinski definition) is 2. The number of para-hydroxylation sites is 1. The molecule has 0 saturated heterocycles. The van der Waals surface area contributed by atoms with E-state index in [1.165, 1.54) is 54.9 Å². The number of pyridine rings is 1. The second-order valence-electron chi connectivity index (χ2n) is 7.93. The Labute approximate surface area is 162 Å². The smallest absolute Gasteiger partial charge is 0.287 e. The monoisotopic (exact) mass is 365 g/mol. The lowest BCUT2D eigenvalue weighted by molar-refractivity contribution is -0.646. The molecule has 0 unspecified atom stereocenters. The molecule has 0 radical (unpaired) electrons. The third-order valence-electron chi connectivity index (χ3n) is 6.07. The molecule has 0 aliphatic heterocycles. The topological polar surface area (TPSA) is 24.4 Å². The maximum Gasteiger partial charge on any atom is 0.287 e. The highest BCUT2D eigenvalue weighted by Crippen LogP contribution is 2.44. The molecule has 0 bridgehead atoms. The number of benzene rings is 3. The van der Waals surface area contributed by atoms with Crippen molar-refractivity contribution in [2.45, 2.75) is 6.92 Å². The molecule has 4 heteroatoms. The molecule has 0 spiro atoms. The lowest BCUT2D eigenvalue weighted by Crippen LogP contribution is -2.30. The van der Waals surface area contributed by atoms with Crippen molar-refractivity contribution in [1.82, 2.24) is 9.38 Å². The zero-order chi connectivity index (χ0) is 19.2. The standard InChI is InChI=1S/C24H21N4/c1-14-8-7-11-18-20(14)23-22-16(25-13-27(23)4)12-19(26(2)3)21-15-9-5-6-10-17(15)28(18)24(21)22/h5-13H,1-4H3/q+1. The molecule has 3 aromatic carbocycles. The van der Waals surface area contributed by atoms with Gasteiger partial charge in [-0.1, -0.05) is 30.3 Å². The largest absolute Gasteiger partial charge is 0.377 e. The summed E-state index contributed by atoms with van der Waals surface area (Å²) in [5, 5.41) is 5.12. The van der Waals surface area contributed by atoms with Gasteiger partial charge in [0, 0.05) is 36.3 Å². The van der Waals surface area contributed by atoms with Crippen LogP contribution in [0.2, 0.25) is 0 Å². The highest BCUT2D eigenvalue weighted by molar-refractivity contribution is 6.29. The fourth-order valence-electron chi connectivity index (χ4n) is 4.90. The van der Waals surface area contributed by atoms with Crippen LogP contribution >= 0.6 is 0 Å². The maximum absolute atomic E-state index is 4.81. The van der Waals surface area contributed by atoms with Crippen LogP contribution in [0.1, 0.15) is 5.56 Å². The molecule has 28 heavy (non-hydrogen) atoms. The Balaban J connectivity index is 2.14. The molecule has 6 rings (SSSR count). The van der Waals surface area contributed by atoms with E-state index in [0.717, 1.165) is 5.52 Å². The number of aromatic nitrogens is 3. The maximum atomic E-state index is 4.81. The van der Waals surface area contributed by atoms with Gasteiger partial charge in [-0.15, -0.1) is 0 Å². The van der Waals surface area contributed by atoms with Gasteiger partial charge in [-0.25, -0.2) is 4.57 Å². The molecule has 0 fully saturated rings.